The minimum Gasteiger partial charge on any atom is -0.343 e. The maximum absolute atomic E-state index is 11.0. The van der Waals surface area contributed by atoms with Crippen molar-refractivity contribution >= 4 is 5.78 Å². The first kappa shape index (κ1) is 11.1. The normalized spacial score (nSPS) is 14.9. The van der Waals surface area contributed by atoms with Gasteiger partial charge in [0.05, 0.1) is 0 Å². The summed E-state index contributed by atoms with van der Waals surface area (Å²) >= 11 is 0. The van der Waals surface area contributed by atoms with Crippen LogP contribution in [0.4, 0.5) is 0 Å². The van der Waals surface area contributed by atoms with E-state index < -0.39 is 5.79 Å². The van der Waals surface area contributed by atoms with Gasteiger partial charge in [-0.1, -0.05) is 6.58 Å². The molecular formula is C8H14O4. The number of carbonyl (C=O) groups is 1. The van der Waals surface area contributed by atoms with E-state index in [4.69, 9.17) is 9.62 Å². The van der Waals surface area contributed by atoms with Crippen LogP contribution in [0.25, 0.3) is 0 Å². The molecule has 0 aliphatic rings. The number of ketones is 1. The van der Waals surface area contributed by atoms with Gasteiger partial charge in [-0.2, -0.15) is 0 Å². The molecule has 0 heterocycles. The molecule has 4 nitrogen and oxygen atoms in total. The van der Waals surface area contributed by atoms with Gasteiger partial charge >= 0.3 is 0 Å². The van der Waals surface area contributed by atoms with Gasteiger partial charge in [-0.3, -0.25) is 4.79 Å². The molecule has 0 saturated carbocycles. The number of Topliss-reactive ketones (excluding diaryl/α,β-unsaturated/α-hetero) is 1. The Morgan fingerprint density at radius 2 is 2.25 bits per heavy atom. The lowest BCUT2D eigenvalue weighted by molar-refractivity contribution is -0.378. The van der Waals surface area contributed by atoms with Crippen molar-refractivity contribution < 1.29 is 19.3 Å². The van der Waals surface area contributed by atoms with E-state index in [2.05, 4.69) is 11.5 Å². The summed E-state index contributed by atoms with van der Waals surface area (Å²) in [5.74, 6) is -1.59. The highest BCUT2D eigenvalue weighted by molar-refractivity contribution is 5.82. The van der Waals surface area contributed by atoms with Crippen LogP contribution in [-0.4, -0.2) is 18.2 Å². The molecule has 0 saturated heterocycles. The zero-order valence-corrected chi connectivity index (χ0v) is 7.62. The Labute approximate surface area is 72.0 Å². The molecule has 0 bridgehead atoms. The van der Waals surface area contributed by atoms with Gasteiger partial charge in [0.2, 0.25) is 0 Å². The standard InChI is InChI=1S/C8H14O4/c1-5-10-8(4,7(3)9)12-11-6-2/h6H,2,5H2,1,3-4H3. The van der Waals surface area contributed by atoms with Gasteiger partial charge in [0.15, 0.2) is 5.78 Å². The minimum absolute atomic E-state index is 0.258. The van der Waals surface area contributed by atoms with Crippen molar-refractivity contribution in [3.05, 3.63) is 12.8 Å². The minimum atomic E-state index is -1.33. The van der Waals surface area contributed by atoms with Crippen molar-refractivity contribution in [1.29, 1.82) is 0 Å². The third kappa shape index (κ3) is 3.02. The van der Waals surface area contributed by atoms with E-state index in [0.717, 1.165) is 6.26 Å². The molecule has 0 N–H and O–H groups in total. The second kappa shape index (κ2) is 4.90. The lowest BCUT2D eigenvalue weighted by Gasteiger charge is -2.23. The molecule has 0 aliphatic heterocycles. The Kier molecular flexibility index (Phi) is 4.54. The summed E-state index contributed by atoms with van der Waals surface area (Å²) in [6, 6.07) is 0. The summed E-state index contributed by atoms with van der Waals surface area (Å²) in [6.07, 6.45) is 1.08. The van der Waals surface area contributed by atoms with Gasteiger partial charge in [0, 0.05) is 20.5 Å². The van der Waals surface area contributed by atoms with Crippen LogP contribution in [0, 0.1) is 0 Å². The smallest absolute Gasteiger partial charge is 0.269 e. The maximum Gasteiger partial charge on any atom is 0.269 e. The predicted octanol–water partition coefficient (Wildman–Crippen LogP) is 1.42. The Hall–Kier alpha value is -0.870. The number of hydrogen-bond donors (Lipinski definition) is 0. The van der Waals surface area contributed by atoms with Crippen LogP contribution >= 0.6 is 0 Å². The highest BCUT2D eigenvalue weighted by Gasteiger charge is 2.33. The van der Waals surface area contributed by atoms with Crippen LogP contribution in [0.15, 0.2) is 12.8 Å². The SMILES string of the molecule is C=COOC(C)(OCC)C(C)=O. The summed E-state index contributed by atoms with van der Waals surface area (Å²) in [7, 11) is 0. The molecule has 12 heavy (non-hydrogen) atoms. The Morgan fingerprint density at radius 1 is 1.67 bits per heavy atom. The molecule has 1 atom stereocenters. The molecule has 0 spiro atoms. The summed E-state index contributed by atoms with van der Waals surface area (Å²) in [5, 5.41) is 0. The number of hydrogen-bond acceptors (Lipinski definition) is 4. The molecule has 1 unspecified atom stereocenters. The number of carbonyl (C=O) groups excluding carboxylic acids is 1. The number of ether oxygens (including phenoxy) is 1. The fourth-order valence-corrected chi connectivity index (χ4v) is 0.586. The first-order valence-electron chi connectivity index (χ1n) is 3.67. The zero-order valence-electron chi connectivity index (χ0n) is 7.62. The monoisotopic (exact) mass is 174 g/mol. The highest BCUT2D eigenvalue weighted by atomic mass is 17.2. The third-order valence-corrected chi connectivity index (χ3v) is 1.33. The Morgan fingerprint density at radius 3 is 2.58 bits per heavy atom. The molecule has 70 valence electrons. The quantitative estimate of drug-likeness (QED) is 0.264. The van der Waals surface area contributed by atoms with Crippen molar-refractivity contribution in [3.63, 3.8) is 0 Å². The summed E-state index contributed by atoms with van der Waals surface area (Å²) in [6.45, 7) is 8.25. The van der Waals surface area contributed by atoms with E-state index in [0.29, 0.717) is 6.61 Å². The Bertz CT molecular complexity index is 166. The van der Waals surface area contributed by atoms with E-state index in [1.54, 1.807) is 6.92 Å². The fraction of sp³-hybridized carbons (Fsp3) is 0.625. The fourth-order valence-electron chi connectivity index (χ4n) is 0.586. The largest absolute Gasteiger partial charge is 0.343 e. The molecule has 0 rings (SSSR count). The maximum atomic E-state index is 11.0. The van der Waals surface area contributed by atoms with Crippen LogP contribution < -0.4 is 0 Å². The zero-order chi connectivity index (χ0) is 9.61. The first-order valence-corrected chi connectivity index (χ1v) is 3.67. The molecule has 0 radical (unpaired) electrons. The molecule has 0 aliphatic carbocycles. The molecule has 0 aromatic rings. The number of rotatable bonds is 6. The van der Waals surface area contributed by atoms with Crippen LogP contribution in [0.3, 0.4) is 0 Å². The predicted molar refractivity (Wildman–Crippen MR) is 43.1 cm³/mol. The van der Waals surface area contributed by atoms with Gasteiger partial charge in [-0.05, 0) is 6.92 Å². The van der Waals surface area contributed by atoms with E-state index in [1.807, 2.05) is 0 Å². The summed E-state index contributed by atoms with van der Waals surface area (Å²) in [5.41, 5.74) is 0. The van der Waals surface area contributed by atoms with Gasteiger partial charge in [0.1, 0.15) is 6.26 Å². The van der Waals surface area contributed by atoms with E-state index in [1.165, 1.54) is 13.8 Å². The average molecular weight is 174 g/mol. The molecule has 0 fully saturated rings. The molecule has 0 aromatic carbocycles. The van der Waals surface area contributed by atoms with Gasteiger partial charge in [-0.25, -0.2) is 0 Å². The summed E-state index contributed by atoms with van der Waals surface area (Å²) < 4.78 is 5.05. The lowest BCUT2D eigenvalue weighted by atomic mass is 10.2. The average Bonchev–Trinajstić information content (AvgIpc) is 2.01. The van der Waals surface area contributed by atoms with Crippen molar-refractivity contribution in [1.82, 2.24) is 0 Å². The topological polar surface area (TPSA) is 44.8 Å². The van der Waals surface area contributed by atoms with Crippen molar-refractivity contribution in [2.45, 2.75) is 26.6 Å². The van der Waals surface area contributed by atoms with Crippen LogP contribution in [0.1, 0.15) is 20.8 Å². The van der Waals surface area contributed by atoms with Gasteiger partial charge in [0.25, 0.3) is 5.79 Å². The van der Waals surface area contributed by atoms with Crippen LogP contribution in [0.5, 0.6) is 0 Å². The van der Waals surface area contributed by atoms with Crippen molar-refractivity contribution in [3.8, 4) is 0 Å². The second-order valence-corrected chi connectivity index (χ2v) is 2.28. The highest BCUT2D eigenvalue weighted by Crippen LogP contribution is 2.14. The third-order valence-electron chi connectivity index (χ3n) is 1.33. The van der Waals surface area contributed by atoms with Crippen molar-refractivity contribution in [2.75, 3.05) is 6.61 Å². The van der Waals surface area contributed by atoms with E-state index >= 15 is 0 Å². The molecule has 0 amide bonds. The van der Waals surface area contributed by atoms with Gasteiger partial charge < -0.3 is 9.62 Å². The van der Waals surface area contributed by atoms with Crippen LogP contribution in [-0.2, 0) is 19.3 Å². The second-order valence-electron chi connectivity index (χ2n) is 2.28. The molecular weight excluding hydrogens is 160 g/mol. The lowest BCUT2D eigenvalue weighted by Crippen LogP contribution is -2.39. The van der Waals surface area contributed by atoms with E-state index in [9.17, 15) is 4.79 Å². The van der Waals surface area contributed by atoms with E-state index in [-0.39, 0.29) is 5.78 Å². The molecule has 4 heteroatoms. The molecule has 0 aromatic heterocycles. The summed E-state index contributed by atoms with van der Waals surface area (Å²) in [4.78, 5) is 20.1. The Balaban J connectivity index is 4.17. The van der Waals surface area contributed by atoms with Gasteiger partial charge in [-0.15, -0.1) is 4.89 Å². The van der Waals surface area contributed by atoms with Crippen molar-refractivity contribution in [2.24, 2.45) is 0 Å². The first-order chi connectivity index (χ1) is 5.56. The van der Waals surface area contributed by atoms with Crippen LogP contribution in [0.2, 0.25) is 0 Å².